The summed E-state index contributed by atoms with van der Waals surface area (Å²) in [7, 11) is 0. The van der Waals surface area contributed by atoms with E-state index in [1.807, 2.05) is 0 Å². The van der Waals surface area contributed by atoms with Crippen molar-refractivity contribution in [2.75, 3.05) is 0 Å². The molecule has 1 amide bonds. The van der Waals surface area contributed by atoms with Crippen molar-refractivity contribution in [3.8, 4) is 0 Å². The Bertz CT molecular complexity index is 451. The molecule has 6 heteroatoms. The Morgan fingerprint density at radius 3 is 2.88 bits per heavy atom. The van der Waals surface area contributed by atoms with Crippen molar-refractivity contribution in [3.05, 3.63) is 17.0 Å². The molecule has 6 nitrogen and oxygen atoms in total. The Labute approximate surface area is 98.2 Å². The molecule has 0 radical (unpaired) electrons. The third-order valence-electron chi connectivity index (χ3n) is 3.66. The molecule has 1 aromatic heterocycles. The van der Waals surface area contributed by atoms with Crippen LogP contribution in [-0.4, -0.2) is 37.3 Å². The number of H-pyrrole nitrogens is 1. The zero-order valence-electron chi connectivity index (χ0n) is 9.39. The molecule has 3 N–H and O–H groups in total. The highest BCUT2D eigenvalue weighted by molar-refractivity contribution is 5.80. The van der Waals surface area contributed by atoms with Crippen molar-refractivity contribution in [3.63, 3.8) is 0 Å². The third kappa shape index (κ3) is 1.64. The Hall–Kier alpha value is -1.40. The van der Waals surface area contributed by atoms with Crippen LogP contribution in [0.5, 0.6) is 0 Å². The number of carbonyl (C=O) groups excluding carboxylic acids is 1. The number of aliphatic hydroxyl groups excluding tert-OH is 2. The van der Waals surface area contributed by atoms with Crippen LogP contribution in [0.15, 0.2) is 0 Å². The lowest BCUT2D eigenvalue weighted by Gasteiger charge is -2.33. The van der Waals surface area contributed by atoms with E-state index in [0.717, 1.165) is 11.3 Å². The van der Waals surface area contributed by atoms with Gasteiger partial charge in [-0.1, -0.05) is 0 Å². The number of carbonyl (C=O) groups is 1. The Morgan fingerprint density at radius 2 is 2.24 bits per heavy atom. The number of nitrogens with zero attached hydrogens (tertiary/aromatic N) is 2. The summed E-state index contributed by atoms with van der Waals surface area (Å²) < 4.78 is 0. The molecule has 1 fully saturated rings. The Balaban J connectivity index is 1.69. The van der Waals surface area contributed by atoms with Gasteiger partial charge >= 0.3 is 0 Å². The van der Waals surface area contributed by atoms with Gasteiger partial charge in [0.05, 0.1) is 30.6 Å². The number of nitrogens with one attached hydrogen (secondary N) is 1. The number of rotatable bonds is 2. The van der Waals surface area contributed by atoms with E-state index in [2.05, 4.69) is 10.2 Å². The van der Waals surface area contributed by atoms with E-state index in [1.165, 1.54) is 0 Å². The summed E-state index contributed by atoms with van der Waals surface area (Å²) in [6, 6.07) is 0. The second kappa shape index (κ2) is 3.82. The molecule has 17 heavy (non-hydrogen) atoms. The van der Waals surface area contributed by atoms with Crippen LogP contribution >= 0.6 is 0 Å². The average Bonchev–Trinajstić information content (AvgIpc) is 2.82. The van der Waals surface area contributed by atoms with E-state index in [4.69, 9.17) is 5.11 Å². The second-order valence-corrected chi connectivity index (χ2v) is 4.80. The van der Waals surface area contributed by atoms with Gasteiger partial charge in [-0.3, -0.25) is 9.89 Å². The maximum Gasteiger partial charge on any atom is 0.226 e. The first-order valence-electron chi connectivity index (χ1n) is 5.81. The Morgan fingerprint density at radius 1 is 1.47 bits per heavy atom. The average molecular weight is 237 g/mol. The molecule has 0 unspecified atom stereocenters. The van der Waals surface area contributed by atoms with E-state index in [9.17, 15) is 9.90 Å². The lowest BCUT2D eigenvalue weighted by molar-refractivity contribution is -0.143. The normalized spacial score (nSPS) is 26.8. The maximum absolute atomic E-state index is 12.1. The monoisotopic (exact) mass is 237 g/mol. The molecule has 0 bridgehead atoms. The van der Waals surface area contributed by atoms with Gasteiger partial charge in [-0.2, -0.15) is 5.10 Å². The van der Waals surface area contributed by atoms with Crippen LogP contribution in [0.25, 0.3) is 0 Å². The highest BCUT2D eigenvalue weighted by Crippen LogP contribution is 2.32. The lowest BCUT2D eigenvalue weighted by Crippen LogP contribution is -2.41. The molecule has 1 aliphatic carbocycles. The SMILES string of the molecule is O=C(C1CC(O)C1)N1Cc2[nH]nc(CO)c2C1. The van der Waals surface area contributed by atoms with E-state index in [-0.39, 0.29) is 24.5 Å². The lowest BCUT2D eigenvalue weighted by atomic mass is 9.81. The van der Waals surface area contributed by atoms with E-state index in [1.54, 1.807) is 4.90 Å². The van der Waals surface area contributed by atoms with Crippen LogP contribution in [0, 0.1) is 5.92 Å². The molecule has 1 saturated carbocycles. The van der Waals surface area contributed by atoms with Crippen LogP contribution in [0.1, 0.15) is 29.8 Å². The minimum Gasteiger partial charge on any atom is -0.393 e. The van der Waals surface area contributed by atoms with Gasteiger partial charge in [0.15, 0.2) is 0 Å². The van der Waals surface area contributed by atoms with Gasteiger partial charge in [0.2, 0.25) is 5.91 Å². The molecule has 3 rings (SSSR count). The summed E-state index contributed by atoms with van der Waals surface area (Å²) in [5.74, 6) is 0.0725. The molecule has 1 aliphatic heterocycles. The predicted molar refractivity (Wildman–Crippen MR) is 57.5 cm³/mol. The van der Waals surface area contributed by atoms with E-state index in [0.29, 0.717) is 31.6 Å². The smallest absolute Gasteiger partial charge is 0.226 e. The highest BCUT2D eigenvalue weighted by Gasteiger charge is 2.38. The van der Waals surface area contributed by atoms with Gasteiger partial charge in [0.1, 0.15) is 0 Å². The van der Waals surface area contributed by atoms with Gasteiger partial charge < -0.3 is 15.1 Å². The van der Waals surface area contributed by atoms with Crippen LogP contribution in [0.4, 0.5) is 0 Å². The zero-order chi connectivity index (χ0) is 12.0. The Kier molecular flexibility index (Phi) is 2.41. The minimum absolute atomic E-state index is 0.0282. The molecule has 2 aliphatic rings. The van der Waals surface area contributed by atoms with Crippen molar-refractivity contribution in [2.45, 2.75) is 38.6 Å². The van der Waals surface area contributed by atoms with Crippen LogP contribution in [0.2, 0.25) is 0 Å². The van der Waals surface area contributed by atoms with E-state index < -0.39 is 0 Å². The molecular formula is C11H15N3O3. The minimum atomic E-state index is -0.306. The van der Waals surface area contributed by atoms with Crippen LogP contribution < -0.4 is 0 Å². The van der Waals surface area contributed by atoms with Gasteiger partial charge in [-0.15, -0.1) is 0 Å². The number of amides is 1. The van der Waals surface area contributed by atoms with Crippen LogP contribution in [0.3, 0.4) is 0 Å². The molecule has 0 spiro atoms. The van der Waals surface area contributed by atoms with E-state index >= 15 is 0 Å². The first-order chi connectivity index (χ1) is 8.19. The number of aliphatic hydroxyl groups is 2. The maximum atomic E-state index is 12.1. The first-order valence-corrected chi connectivity index (χ1v) is 5.81. The topological polar surface area (TPSA) is 89.5 Å². The number of fused-ring (bicyclic) bond motifs is 1. The number of hydrogen-bond donors (Lipinski definition) is 3. The van der Waals surface area contributed by atoms with Crippen molar-refractivity contribution in [1.29, 1.82) is 0 Å². The van der Waals surface area contributed by atoms with Gasteiger partial charge in [-0.25, -0.2) is 0 Å². The van der Waals surface area contributed by atoms with Crippen molar-refractivity contribution >= 4 is 5.91 Å². The van der Waals surface area contributed by atoms with Crippen LogP contribution in [-0.2, 0) is 24.5 Å². The van der Waals surface area contributed by atoms with Gasteiger partial charge in [-0.05, 0) is 12.8 Å². The largest absolute Gasteiger partial charge is 0.393 e. The number of aromatic nitrogens is 2. The molecule has 92 valence electrons. The molecule has 2 heterocycles. The summed E-state index contributed by atoms with van der Waals surface area (Å²) >= 11 is 0. The summed E-state index contributed by atoms with van der Waals surface area (Å²) in [5, 5.41) is 25.1. The fourth-order valence-electron chi connectivity index (χ4n) is 2.53. The van der Waals surface area contributed by atoms with Crippen molar-refractivity contribution in [2.24, 2.45) is 5.92 Å². The summed E-state index contributed by atoms with van der Waals surface area (Å²) in [5.41, 5.74) is 2.49. The molecular weight excluding hydrogens is 222 g/mol. The van der Waals surface area contributed by atoms with Gasteiger partial charge in [0, 0.05) is 18.0 Å². The second-order valence-electron chi connectivity index (χ2n) is 4.80. The highest BCUT2D eigenvalue weighted by atomic mass is 16.3. The molecule has 0 aromatic carbocycles. The first kappa shape index (κ1) is 10.7. The summed E-state index contributed by atoms with van der Waals surface area (Å²) in [6.45, 7) is 0.955. The molecule has 1 aromatic rings. The summed E-state index contributed by atoms with van der Waals surface area (Å²) in [4.78, 5) is 13.8. The third-order valence-corrected chi connectivity index (χ3v) is 3.66. The van der Waals surface area contributed by atoms with Crippen molar-refractivity contribution < 1.29 is 15.0 Å². The standard InChI is InChI=1S/C11H15N3O3/c15-5-10-8-3-14(4-9(8)12-13-10)11(17)6-1-7(16)2-6/h6-7,15-16H,1-5H2,(H,12,13). The summed E-state index contributed by atoms with van der Waals surface area (Å²) in [6.07, 6.45) is 0.849. The number of aromatic amines is 1. The van der Waals surface area contributed by atoms with Gasteiger partial charge in [0.25, 0.3) is 0 Å². The molecule has 0 saturated heterocycles. The molecule has 0 atom stereocenters. The fraction of sp³-hybridized carbons (Fsp3) is 0.636. The zero-order valence-corrected chi connectivity index (χ0v) is 9.39. The quantitative estimate of drug-likeness (QED) is 0.648. The fourth-order valence-corrected chi connectivity index (χ4v) is 2.53. The predicted octanol–water partition coefficient (Wildman–Crippen LogP) is -0.485. The number of hydrogen-bond acceptors (Lipinski definition) is 4. The van der Waals surface area contributed by atoms with Crippen molar-refractivity contribution in [1.82, 2.24) is 15.1 Å².